The number of nitrogens with two attached hydrogens (primary N) is 1. The molecule has 0 atom stereocenters. The lowest BCUT2D eigenvalue weighted by atomic mass is 10.0. The SMILES string of the molecule is C=N/C(C)=N\C=C(/C)c1ccc2c(=O)[nH]nc(CN)c2c1. The van der Waals surface area contributed by atoms with Crippen molar-refractivity contribution < 1.29 is 0 Å². The summed E-state index contributed by atoms with van der Waals surface area (Å²) in [6.45, 7) is 7.38. The Morgan fingerprint density at radius 1 is 1.43 bits per heavy atom. The van der Waals surface area contributed by atoms with Gasteiger partial charge in [0.25, 0.3) is 5.56 Å². The summed E-state index contributed by atoms with van der Waals surface area (Å²) in [5, 5.41) is 7.77. The Labute approximate surface area is 122 Å². The third kappa shape index (κ3) is 3.11. The molecule has 21 heavy (non-hydrogen) atoms. The van der Waals surface area contributed by atoms with E-state index in [1.165, 1.54) is 0 Å². The highest BCUT2D eigenvalue weighted by molar-refractivity contribution is 5.88. The van der Waals surface area contributed by atoms with Gasteiger partial charge in [0.15, 0.2) is 0 Å². The monoisotopic (exact) mass is 283 g/mol. The predicted octanol–water partition coefficient (Wildman–Crippen LogP) is 1.86. The normalized spacial score (nSPS) is 12.7. The van der Waals surface area contributed by atoms with Crippen LogP contribution in [0.1, 0.15) is 25.1 Å². The van der Waals surface area contributed by atoms with E-state index >= 15 is 0 Å². The van der Waals surface area contributed by atoms with Gasteiger partial charge in [0.1, 0.15) is 5.84 Å². The molecular weight excluding hydrogens is 266 g/mol. The highest BCUT2D eigenvalue weighted by Crippen LogP contribution is 2.20. The molecule has 0 aliphatic heterocycles. The molecule has 2 rings (SSSR count). The number of fused-ring (bicyclic) bond motifs is 1. The Bertz CT molecular complexity index is 801. The van der Waals surface area contributed by atoms with Crippen molar-refractivity contribution in [2.45, 2.75) is 20.4 Å². The van der Waals surface area contributed by atoms with E-state index in [-0.39, 0.29) is 12.1 Å². The minimum absolute atomic E-state index is 0.222. The molecule has 2 aromatic rings. The first kappa shape index (κ1) is 14.8. The van der Waals surface area contributed by atoms with Crippen molar-refractivity contribution in [2.24, 2.45) is 15.7 Å². The molecule has 3 N–H and O–H groups in total. The maximum absolute atomic E-state index is 11.8. The predicted molar refractivity (Wildman–Crippen MR) is 86.6 cm³/mol. The van der Waals surface area contributed by atoms with Gasteiger partial charge in [0, 0.05) is 18.1 Å². The molecular formula is C15H17N5O. The van der Waals surface area contributed by atoms with Crippen LogP contribution in [0, 0.1) is 0 Å². The molecule has 0 radical (unpaired) electrons. The highest BCUT2D eigenvalue weighted by Gasteiger charge is 2.07. The van der Waals surface area contributed by atoms with Crippen LogP contribution in [0.15, 0.2) is 39.2 Å². The average molecular weight is 283 g/mol. The third-order valence-corrected chi connectivity index (χ3v) is 3.19. The van der Waals surface area contributed by atoms with Crippen molar-refractivity contribution in [1.82, 2.24) is 10.2 Å². The summed E-state index contributed by atoms with van der Waals surface area (Å²) in [6, 6.07) is 5.54. The zero-order valence-corrected chi connectivity index (χ0v) is 12.1. The smallest absolute Gasteiger partial charge is 0.272 e. The van der Waals surface area contributed by atoms with Gasteiger partial charge in [-0.3, -0.25) is 4.79 Å². The summed E-state index contributed by atoms with van der Waals surface area (Å²) in [7, 11) is 0. The van der Waals surface area contributed by atoms with E-state index < -0.39 is 0 Å². The zero-order valence-electron chi connectivity index (χ0n) is 12.1. The Kier molecular flexibility index (Phi) is 4.39. The van der Waals surface area contributed by atoms with E-state index in [1.54, 1.807) is 19.2 Å². The molecule has 0 saturated carbocycles. The van der Waals surface area contributed by atoms with Gasteiger partial charge in [-0.15, -0.1) is 0 Å². The second-order valence-corrected chi connectivity index (χ2v) is 4.61. The van der Waals surface area contributed by atoms with Gasteiger partial charge in [-0.05, 0) is 43.8 Å². The summed E-state index contributed by atoms with van der Waals surface area (Å²) in [5.74, 6) is 0.593. The second kappa shape index (κ2) is 6.23. The van der Waals surface area contributed by atoms with Crippen molar-refractivity contribution in [3.05, 3.63) is 46.0 Å². The Morgan fingerprint density at radius 2 is 2.19 bits per heavy atom. The number of amidine groups is 1. The van der Waals surface area contributed by atoms with Crippen LogP contribution in [-0.4, -0.2) is 22.8 Å². The fourth-order valence-electron chi connectivity index (χ4n) is 1.93. The number of aromatic amines is 1. The lowest BCUT2D eigenvalue weighted by molar-refractivity contribution is 0.900. The minimum Gasteiger partial charge on any atom is -0.325 e. The first-order valence-electron chi connectivity index (χ1n) is 6.46. The molecule has 0 fully saturated rings. The number of nitrogens with zero attached hydrogens (tertiary/aromatic N) is 3. The molecule has 6 nitrogen and oxygen atoms in total. The number of aliphatic imine (C=N–C) groups is 2. The fourth-order valence-corrected chi connectivity index (χ4v) is 1.93. The van der Waals surface area contributed by atoms with Gasteiger partial charge in [0.05, 0.1) is 11.1 Å². The summed E-state index contributed by atoms with van der Waals surface area (Å²) < 4.78 is 0. The maximum Gasteiger partial charge on any atom is 0.272 e. The molecule has 6 heteroatoms. The molecule has 0 bridgehead atoms. The number of benzene rings is 1. The molecule has 1 aromatic heterocycles. The van der Waals surface area contributed by atoms with E-state index in [1.807, 2.05) is 19.1 Å². The van der Waals surface area contributed by atoms with Crippen LogP contribution in [0.2, 0.25) is 0 Å². The van der Waals surface area contributed by atoms with Crippen LogP contribution >= 0.6 is 0 Å². The number of H-pyrrole nitrogens is 1. The van der Waals surface area contributed by atoms with Crippen LogP contribution in [0.4, 0.5) is 0 Å². The van der Waals surface area contributed by atoms with Crippen molar-refractivity contribution >= 4 is 28.9 Å². The molecule has 0 aliphatic rings. The number of hydrogen-bond acceptors (Lipinski definition) is 4. The minimum atomic E-state index is -0.222. The van der Waals surface area contributed by atoms with Gasteiger partial charge in [-0.2, -0.15) is 5.10 Å². The molecule has 108 valence electrons. The molecule has 1 aromatic carbocycles. The van der Waals surface area contributed by atoms with Crippen LogP contribution in [0.25, 0.3) is 16.3 Å². The van der Waals surface area contributed by atoms with E-state index in [2.05, 4.69) is 26.9 Å². The Morgan fingerprint density at radius 3 is 2.86 bits per heavy atom. The van der Waals surface area contributed by atoms with E-state index in [0.717, 1.165) is 16.5 Å². The number of hydrogen-bond donors (Lipinski definition) is 2. The fraction of sp³-hybridized carbons (Fsp3) is 0.200. The first-order valence-corrected chi connectivity index (χ1v) is 6.46. The van der Waals surface area contributed by atoms with Crippen molar-refractivity contribution in [3.63, 3.8) is 0 Å². The molecule has 0 saturated heterocycles. The molecule has 0 spiro atoms. The van der Waals surface area contributed by atoms with Crippen molar-refractivity contribution in [1.29, 1.82) is 0 Å². The van der Waals surface area contributed by atoms with Gasteiger partial charge in [-0.25, -0.2) is 15.1 Å². The van der Waals surface area contributed by atoms with Crippen LogP contribution in [-0.2, 0) is 6.54 Å². The number of rotatable bonds is 3. The number of allylic oxidation sites excluding steroid dienone is 1. The van der Waals surface area contributed by atoms with Crippen molar-refractivity contribution in [2.75, 3.05) is 0 Å². The third-order valence-electron chi connectivity index (χ3n) is 3.19. The Balaban J connectivity index is 2.57. The standard InChI is InChI=1S/C15H17N5O/c1-9(8-18-10(2)17-3)11-4-5-12-13(6-11)14(7-16)19-20-15(12)21/h4-6,8H,3,7,16H2,1-2H3,(H,20,21)/b9-8+,18-10-. The summed E-state index contributed by atoms with van der Waals surface area (Å²) >= 11 is 0. The first-order chi connectivity index (χ1) is 10.1. The quantitative estimate of drug-likeness (QED) is 0.664. The largest absolute Gasteiger partial charge is 0.325 e. The summed E-state index contributed by atoms with van der Waals surface area (Å²) in [6.07, 6.45) is 1.72. The topological polar surface area (TPSA) is 96.5 Å². The molecule has 0 unspecified atom stereocenters. The van der Waals surface area contributed by atoms with Crippen LogP contribution < -0.4 is 11.3 Å². The Hall–Kier alpha value is -2.60. The van der Waals surface area contributed by atoms with Gasteiger partial charge >= 0.3 is 0 Å². The average Bonchev–Trinajstić information content (AvgIpc) is 2.52. The lowest BCUT2D eigenvalue weighted by Gasteiger charge is -2.06. The van der Waals surface area contributed by atoms with Gasteiger partial charge < -0.3 is 5.73 Å². The van der Waals surface area contributed by atoms with Crippen LogP contribution in [0.3, 0.4) is 0 Å². The number of aromatic nitrogens is 2. The van der Waals surface area contributed by atoms with Crippen molar-refractivity contribution in [3.8, 4) is 0 Å². The van der Waals surface area contributed by atoms with E-state index in [4.69, 9.17) is 5.73 Å². The summed E-state index contributed by atoms with van der Waals surface area (Å²) in [5.41, 5.74) is 8.00. The molecule has 1 heterocycles. The van der Waals surface area contributed by atoms with E-state index in [0.29, 0.717) is 16.9 Å². The summed E-state index contributed by atoms with van der Waals surface area (Å²) in [4.78, 5) is 19.7. The highest BCUT2D eigenvalue weighted by atomic mass is 16.1. The molecule has 0 aliphatic carbocycles. The second-order valence-electron chi connectivity index (χ2n) is 4.61. The van der Waals surface area contributed by atoms with Gasteiger partial charge in [-0.1, -0.05) is 6.07 Å². The number of nitrogens with one attached hydrogen (secondary N) is 1. The maximum atomic E-state index is 11.8. The van der Waals surface area contributed by atoms with Gasteiger partial charge in [0.2, 0.25) is 0 Å². The zero-order chi connectivity index (χ0) is 15.4. The lowest BCUT2D eigenvalue weighted by Crippen LogP contribution is -2.13. The molecule has 0 amide bonds. The van der Waals surface area contributed by atoms with E-state index in [9.17, 15) is 4.79 Å². The van der Waals surface area contributed by atoms with Crippen LogP contribution in [0.5, 0.6) is 0 Å².